The summed E-state index contributed by atoms with van der Waals surface area (Å²) >= 11 is 0.754. The van der Waals surface area contributed by atoms with Gasteiger partial charge in [0.1, 0.15) is 0 Å². The van der Waals surface area contributed by atoms with Gasteiger partial charge in [-0.1, -0.05) is 12.1 Å². The molecule has 3 nitrogen and oxygen atoms in total. The van der Waals surface area contributed by atoms with Crippen molar-refractivity contribution in [3.63, 3.8) is 0 Å². The zero-order valence-electron chi connectivity index (χ0n) is 11.5. The second kappa shape index (κ2) is 7.75. The molecule has 0 radical (unpaired) electrons. The Hall–Kier alpha value is -0.920. The summed E-state index contributed by atoms with van der Waals surface area (Å²) in [6.45, 7) is 1.84. The van der Waals surface area contributed by atoms with E-state index < -0.39 is 18.2 Å². The van der Waals surface area contributed by atoms with E-state index in [-0.39, 0.29) is 6.04 Å². The van der Waals surface area contributed by atoms with Gasteiger partial charge in [0, 0.05) is 24.8 Å². The van der Waals surface area contributed by atoms with Crippen molar-refractivity contribution < 1.29 is 22.6 Å². The van der Waals surface area contributed by atoms with Gasteiger partial charge in [-0.2, -0.15) is 13.2 Å². The molecule has 0 aliphatic carbocycles. The fraction of sp³-hybridized carbons (Fsp3) is 0.538. The third kappa shape index (κ3) is 5.60. The molecule has 1 rings (SSSR count). The van der Waals surface area contributed by atoms with Crippen LogP contribution in [0.4, 0.5) is 18.9 Å². The van der Waals surface area contributed by atoms with E-state index in [2.05, 4.69) is 5.32 Å². The molecule has 0 saturated heterocycles. The molecule has 0 bridgehead atoms. The highest BCUT2D eigenvalue weighted by atomic mass is 32.2. The van der Waals surface area contributed by atoms with Gasteiger partial charge < -0.3 is 14.8 Å². The van der Waals surface area contributed by atoms with E-state index in [1.54, 1.807) is 24.3 Å². The molecule has 1 unspecified atom stereocenters. The second-order valence-electron chi connectivity index (χ2n) is 4.17. The van der Waals surface area contributed by atoms with Crippen LogP contribution in [0.2, 0.25) is 0 Å². The topological polar surface area (TPSA) is 30.5 Å². The van der Waals surface area contributed by atoms with Crippen LogP contribution in [0.25, 0.3) is 0 Å². The molecule has 0 amide bonds. The van der Waals surface area contributed by atoms with Crippen molar-refractivity contribution in [2.45, 2.75) is 30.3 Å². The molecule has 0 aliphatic heterocycles. The van der Waals surface area contributed by atoms with Crippen LogP contribution in [-0.4, -0.2) is 38.5 Å². The minimum Gasteiger partial charge on any atom is -0.377 e. The predicted octanol–water partition coefficient (Wildman–Crippen LogP) is 3.76. The number of para-hydroxylation sites is 1. The molecule has 0 heterocycles. The molecular formula is C13H18F3NO2S. The number of alkyl halides is 3. The lowest BCUT2D eigenvalue weighted by Crippen LogP contribution is -2.33. The average Bonchev–Trinajstić information content (AvgIpc) is 2.38. The number of ether oxygens (including phenoxy) is 2. The Balaban J connectivity index is 2.75. The molecule has 0 spiro atoms. The largest absolute Gasteiger partial charge is 0.398 e. The Labute approximate surface area is 120 Å². The van der Waals surface area contributed by atoms with Gasteiger partial charge in [0.2, 0.25) is 0 Å². The van der Waals surface area contributed by atoms with Gasteiger partial charge >= 0.3 is 6.18 Å². The molecule has 0 fully saturated rings. The van der Waals surface area contributed by atoms with Crippen LogP contribution in [0.5, 0.6) is 0 Å². The zero-order valence-corrected chi connectivity index (χ0v) is 12.3. The summed E-state index contributed by atoms with van der Waals surface area (Å²) in [5, 5.41) is 3.11. The van der Waals surface area contributed by atoms with Crippen molar-refractivity contribution in [2.75, 3.05) is 25.3 Å². The van der Waals surface area contributed by atoms with Gasteiger partial charge in [0.05, 0.1) is 11.8 Å². The Kier molecular flexibility index (Phi) is 6.64. The van der Waals surface area contributed by atoms with E-state index in [1.165, 1.54) is 14.2 Å². The highest BCUT2D eigenvalue weighted by Crippen LogP contribution is 2.32. The minimum atomic E-state index is -4.19. The number of halogens is 3. The molecule has 1 atom stereocenters. The molecule has 7 heteroatoms. The van der Waals surface area contributed by atoms with Crippen LogP contribution in [0.15, 0.2) is 29.2 Å². The summed E-state index contributed by atoms with van der Waals surface area (Å²) in [5.74, 6) is -0.919. The van der Waals surface area contributed by atoms with Crippen LogP contribution in [0.3, 0.4) is 0 Å². The highest BCUT2D eigenvalue weighted by Gasteiger charge is 2.28. The van der Waals surface area contributed by atoms with Gasteiger partial charge in [0.15, 0.2) is 6.29 Å². The number of methoxy groups -OCH3 is 2. The molecule has 0 saturated carbocycles. The van der Waals surface area contributed by atoms with E-state index in [1.807, 2.05) is 6.92 Å². The number of benzene rings is 1. The van der Waals surface area contributed by atoms with Crippen LogP contribution >= 0.6 is 11.8 Å². The molecule has 1 N–H and O–H groups in total. The first-order valence-corrected chi connectivity index (χ1v) is 6.96. The Morgan fingerprint density at radius 2 is 1.80 bits per heavy atom. The molecule has 0 aliphatic rings. The van der Waals surface area contributed by atoms with Gasteiger partial charge in [-0.25, -0.2) is 0 Å². The third-order valence-electron chi connectivity index (χ3n) is 2.53. The summed E-state index contributed by atoms with van der Waals surface area (Å²) in [6.07, 6.45) is -4.67. The zero-order chi connectivity index (χ0) is 15.2. The number of nitrogens with one attached hydrogen (secondary N) is 1. The Morgan fingerprint density at radius 1 is 1.20 bits per heavy atom. The summed E-state index contributed by atoms with van der Waals surface area (Å²) in [5.41, 5.74) is 0.633. The van der Waals surface area contributed by atoms with Crippen LogP contribution in [-0.2, 0) is 9.47 Å². The van der Waals surface area contributed by atoms with E-state index >= 15 is 0 Å². The standard InChI is InChI=1S/C13H18F3NO2S/c1-9(12(18-2)19-3)17-10-6-4-5-7-11(10)20-8-13(14,15)16/h4-7,9,12,17H,8H2,1-3H3. The summed E-state index contributed by atoms with van der Waals surface area (Å²) in [6, 6.07) is 6.66. The van der Waals surface area contributed by atoms with E-state index in [4.69, 9.17) is 9.47 Å². The number of thioether (sulfide) groups is 1. The lowest BCUT2D eigenvalue weighted by molar-refractivity contribution is -0.109. The Morgan fingerprint density at radius 3 is 2.35 bits per heavy atom. The van der Waals surface area contributed by atoms with Crippen LogP contribution in [0, 0.1) is 0 Å². The van der Waals surface area contributed by atoms with Crippen molar-refractivity contribution in [2.24, 2.45) is 0 Å². The van der Waals surface area contributed by atoms with Gasteiger partial charge in [-0.15, -0.1) is 11.8 Å². The fourth-order valence-electron chi connectivity index (χ4n) is 1.69. The van der Waals surface area contributed by atoms with Crippen molar-refractivity contribution >= 4 is 17.4 Å². The molecule has 20 heavy (non-hydrogen) atoms. The summed E-state index contributed by atoms with van der Waals surface area (Å²) in [4.78, 5) is 0.544. The number of hydrogen-bond acceptors (Lipinski definition) is 4. The van der Waals surface area contributed by atoms with Crippen molar-refractivity contribution in [1.82, 2.24) is 0 Å². The lowest BCUT2D eigenvalue weighted by Gasteiger charge is -2.24. The number of hydrogen-bond donors (Lipinski definition) is 1. The molecule has 1 aromatic rings. The van der Waals surface area contributed by atoms with Crippen molar-refractivity contribution in [3.05, 3.63) is 24.3 Å². The minimum absolute atomic E-state index is 0.197. The normalized spacial score (nSPS) is 13.6. The van der Waals surface area contributed by atoms with E-state index in [0.29, 0.717) is 10.6 Å². The van der Waals surface area contributed by atoms with Gasteiger partial charge in [-0.05, 0) is 19.1 Å². The predicted molar refractivity (Wildman–Crippen MR) is 74.1 cm³/mol. The summed E-state index contributed by atoms with van der Waals surface area (Å²) < 4.78 is 47.1. The fourth-order valence-corrected chi connectivity index (χ4v) is 2.47. The smallest absolute Gasteiger partial charge is 0.377 e. The van der Waals surface area contributed by atoms with Crippen molar-refractivity contribution in [1.29, 1.82) is 0 Å². The van der Waals surface area contributed by atoms with E-state index in [0.717, 1.165) is 11.8 Å². The quantitative estimate of drug-likeness (QED) is 0.614. The van der Waals surface area contributed by atoms with E-state index in [9.17, 15) is 13.2 Å². The maximum absolute atomic E-state index is 12.3. The van der Waals surface area contributed by atoms with Crippen molar-refractivity contribution in [3.8, 4) is 0 Å². The Bertz CT molecular complexity index is 411. The number of anilines is 1. The highest BCUT2D eigenvalue weighted by molar-refractivity contribution is 7.99. The van der Waals surface area contributed by atoms with Gasteiger partial charge in [-0.3, -0.25) is 0 Å². The van der Waals surface area contributed by atoms with Crippen LogP contribution in [0.1, 0.15) is 6.92 Å². The third-order valence-corrected chi connectivity index (χ3v) is 3.67. The van der Waals surface area contributed by atoms with Gasteiger partial charge in [0.25, 0.3) is 0 Å². The molecular weight excluding hydrogens is 291 g/mol. The molecule has 114 valence electrons. The summed E-state index contributed by atoms with van der Waals surface area (Å²) in [7, 11) is 3.02. The molecule has 1 aromatic carbocycles. The average molecular weight is 309 g/mol. The lowest BCUT2D eigenvalue weighted by atomic mass is 10.2. The maximum Gasteiger partial charge on any atom is 0.398 e. The maximum atomic E-state index is 12.3. The monoisotopic (exact) mass is 309 g/mol. The first kappa shape index (κ1) is 17.1. The first-order chi connectivity index (χ1) is 9.37. The van der Waals surface area contributed by atoms with Crippen LogP contribution < -0.4 is 5.32 Å². The number of rotatable bonds is 7. The first-order valence-electron chi connectivity index (χ1n) is 5.98. The molecule has 0 aromatic heterocycles. The second-order valence-corrected chi connectivity index (χ2v) is 5.19. The SMILES string of the molecule is COC(OC)C(C)Nc1ccccc1SCC(F)(F)F.